The number of aryl methyl sites for hydroxylation is 1. The van der Waals surface area contributed by atoms with Gasteiger partial charge in [-0.2, -0.15) is 0 Å². The molecule has 0 aromatic heterocycles. The number of hydrogen-bond acceptors (Lipinski definition) is 4. The summed E-state index contributed by atoms with van der Waals surface area (Å²) in [5, 5.41) is 14.6. The Labute approximate surface area is 164 Å². The summed E-state index contributed by atoms with van der Waals surface area (Å²) in [5.41, 5.74) is 1.98. The largest absolute Gasteiger partial charge is 0.480 e. The zero-order chi connectivity index (χ0) is 20.3. The molecule has 1 unspecified atom stereocenters. The number of hydrogen-bond donors (Lipinski definition) is 3. The molecular formula is C20H28N4O4. The van der Waals surface area contributed by atoms with Crippen molar-refractivity contribution < 1.29 is 19.5 Å². The molecule has 8 nitrogen and oxygen atoms in total. The summed E-state index contributed by atoms with van der Waals surface area (Å²) in [4.78, 5) is 39.3. The molecule has 152 valence electrons. The quantitative estimate of drug-likeness (QED) is 0.654. The first-order valence-corrected chi connectivity index (χ1v) is 9.78. The summed E-state index contributed by atoms with van der Waals surface area (Å²) in [6.45, 7) is 5.20. The zero-order valence-electron chi connectivity index (χ0n) is 16.4. The van der Waals surface area contributed by atoms with Crippen LogP contribution in [-0.4, -0.2) is 65.7 Å². The third kappa shape index (κ3) is 4.62. The Morgan fingerprint density at radius 3 is 2.50 bits per heavy atom. The summed E-state index contributed by atoms with van der Waals surface area (Å²) >= 11 is 0. The third-order valence-electron chi connectivity index (χ3n) is 5.57. The Hall–Kier alpha value is -2.61. The molecule has 3 N–H and O–H groups in total. The predicted octanol–water partition coefficient (Wildman–Crippen LogP) is 1.34. The highest BCUT2D eigenvalue weighted by Gasteiger charge is 2.37. The standard InChI is InChI=1S/C20H28N4O4/c1-3-23(12-18(25)26)16-10-14(11-16)21-20(28)22-17-8-9-24(19(17)27)15-6-4-13(2)5-7-15/h4-7,14,16-17H,3,8-12H2,1-2H3,(H,25,26)(H2,21,22,28). The number of aliphatic carboxylic acids is 1. The van der Waals surface area contributed by atoms with Crippen LogP contribution in [0.2, 0.25) is 0 Å². The van der Waals surface area contributed by atoms with Crippen molar-refractivity contribution in [2.75, 3.05) is 24.5 Å². The van der Waals surface area contributed by atoms with E-state index in [-0.39, 0.29) is 30.6 Å². The van der Waals surface area contributed by atoms with Crippen LogP contribution in [0.25, 0.3) is 0 Å². The molecule has 0 spiro atoms. The first-order chi connectivity index (χ1) is 13.4. The highest BCUT2D eigenvalue weighted by molar-refractivity contribution is 6.01. The SMILES string of the molecule is CCN(CC(=O)O)C1CC(NC(=O)NC2CCN(c3ccc(C)cc3)C2=O)C1. The average molecular weight is 388 g/mol. The number of carbonyl (C=O) groups is 3. The molecular weight excluding hydrogens is 360 g/mol. The molecule has 1 atom stereocenters. The molecule has 2 aliphatic rings. The lowest BCUT2D eigenvalue weighted by molar-refractivity contribution is -0.139. The van der Waals surface area contributed by atoms with Gasteiger partial charge in [-0.15, -0.1) is 0 Å². The molecule has 1 saturated heterocycles. The lowest BCUT2D eigenvalue weighted by atomic mass is 9.85. The normalized spacial score (nSPS) is 24.2. The molecule has 3 rings (SSSR count). The Morgan fingerprint density at radius 1 is 1.21 bits per heavy atom. The predicted molar refractivity (Wildman–Crippen MR) is 105 cm³/mol. The van der Waals surface area contributed by atoms with Gasteiger partial charge in [-0.3, -0.25) is 14.5 Å². The van der Waals surface area contributed by atoms with Crippen LogP contribution in [0.15, 0.2) is 24.3 Å². The van der Waals surface area contributed by atoms with Gasteiger partial charge in [-0.05, 0) is 44.9 Å². The molecule has 1 aliphatic carbocycles. The number of nitrogens with zero attached hydrogens (tertiary/aromatic N) is 2. The minimum absolute atomic E-state index is 0.0116. The molecule has 1 aromatic rings. The fraction of sp³-hybridized carbons (Fsp3) is 0.550. The number of amides is 3. The van der Waals surface area contributed by atoms with Crippen molar-refractivity contribution in [1.29, 1.82) is 0 Å². The van der Waals surface area contributed by atoms with Crippen molar-refractivity contribution in [3.05, 3.63) is 29.8 Å². The number of likely N-dealkylation sites (N-methyl/N-ethyl adjacent to an activating group) is 1. The number of rotatable bonds is 7. The van der Waals surface area contributed by atoms with Crippen LogP contribution in [0.3, 0.4) is 0 Å². The van der Waals surface area contributed by atoms with Crippen LogP contribution < -0.4 is 15.5 Å². The number of carboxylic acid groups (broad SMARTS) is 1. The molecule has 1 saturated carbocycles. The minimum Gasteiger partial charge on any atom is -0.480 e. The van der Waals surface area contributed by atoms with E-state index in [9.17, 15) is 14.4 Å². The van der Waals surface area contributed by atoms with E-state index in [4.69, 9.17) is 5.11 Å². The third-order valence-corrected chi connectivity index (χ3v) is 5.57. The van der Waals surface area contributed by atoms with Gasteiger partial charge in [-0.25, -0.2) is 4.79 Å². The second-order valence-corrected chi connectivity index (χ2v) is 7.56. The first-order valence-electron chi connectivity index (χ1n) is 9.78. The number of urea groups is 1. The van der Waals surface area contributed by atoms with Crippen molar-refractivity contribution >= 4 is 23.6 Å². The lowest BCUT2D eigenvalue weighted by Crippen LogP contribution is -2.57. The lowest BCUT2D eigenvalue weighted by Gasteiger charge is -2.42. The van der Waals surface area contributed by atoms with Gasteiger partial charge >= 0.3 is 12.0 Å². The number of benzene rings is 1. The van der Waals surface area contributed by atoms with Crippen molar-refractivity contribution in [3.8, 4) is 0 Å². The maximum Gasteiger partial charge on any atom is 0.317 e. The molecule has 0 bridgehead atoms. The molecule has 8 heteroatoms. The van der Waals surface area contributed by atoms with Crippen molar-refractivity contribution in [2.24, 2.45) is 0 Å². The van der Waals surface area contributed by atoms with Gasteiger partial charge in [-0.1, -0.05) is 24.6 Å². The van der Waals surface area contributed by atoms with Gasteiger partial charge in [0.2, 0.25) is 5.91 Å². The first kappa shape index (κ1) is 20.1. The Balaban J connectivity index is 1.44. The van der Waals surface area contributed by atoms with Crippen LogP contribution in [0.4, 0.5) is 10.5 Å². The van der Waals surface area contributed by atoms with Gasteiger partial charge in [0.15, 0.2) is 0 Å². The average Bonchev–Trinajstić information content (AvgIpc) is 2.97. The fourth-order valence-electron chi connectivity index (χ4n) is 3.86. The molecule has 1 aliphatic heterocycles. The van der Waals surface area contributed by atoms with E-state index in [0.29, 0.717) is 19.5 Å². The summed E-state index contributed by atoms with van der Waals surface area (Å²) in [7, 11) is 0. The fourth-order valence-corrected chi connectivity index (χ4v) is 3.86. The smallest absolute Gasteiger partial charge is 0.317 e. The van der Waals surface area contributed by atoms with E-state index >= 15 is 0 Å². The van der Waals surface area contributed by atoms with E-state index in [0.717, 1.165) is 24.1 Å². The summed E-state index contributed by atoms with van der Waals surface area (Å²) in [5.74, 6) is -0.932. The van der Waals surface area contributed by atoms with Crippen molar-refractivity contribution in [1.82, 2.24) is 15.5 Å². The van der Waals surface area contributed by atoms with E-state index in [2.05, 4.69) is 10.6 Å². The van der Waals surface area contributed by atoms with Crippen molar-refractivity contribution in [2.45, 2.75) is 51.2 Å². The van der Waals surface area contributed by atoms with Crippen LogP contribution in [0.1, 0.15) is 31.7 Å². The molecule has 0 radical (unpaired) electrons. The second-order valence-electron chi connectivity index (χ2n) is 7.56. The summed E-state index contributed by atoms with van der Waals surface area (Å²) in [6, 6.07) is 7.10. The van der Waals surface area contributed by atoms with Gasteiger partial charge in [0.25, 0.3) is 0 Å². The number of carboxylic acids is 1. The Morgan fingerprint density at radius 2 is 1.89 bits per heavy atom. The van der Waals surface area contributed by atoms with E-state index in [1.807, 2.05) is 43.0 Å². The van der Waals surface area contributed by atoms with Gasteiger partial charge in [0, 0.05) is 24.3 Å². The van der Waals surface area contributed by atoms with E-state index < -0.39 is 12.0 Å². The van der Waals surface area contributed by atoms with E-state index in [1.165, 1.54) is 0 Å². The maximum atomic E-state index is 12.6. The summed E-state index contributed by atoms with van der Waals surface area (Å²) < 4.78 is 0. The summed E-state index contributed by atoms with van der Waals surface area (Å²) in [6.07, 6.45) is 2.03. The maximum absolute atomic E-state index is 12.6. The minimum atomic E-state index is -0.839. The topological polar surface area (TPSA) is 102 Å². The van der Waals surface area contributed by atoms with Gasteiger partial charge < -0.3 is 20.6 Å². The second kappa shape index (κ2) is 8.60. The number of anilines is 1. The monoisotopic (exact) mass is 388 g/mol. The Kier molecular flexibility index (Phi) is 6.18. The highest BCUT2D eigenvalue weighted by atomic mass is 16.4. The van der Waals surface area contributed by atoms with Crippen LogP contribution in [-0.2, 0) is 9.59 Å². The molecule has 1 heterocycles. The Bertz CT molecular complexity index is 730. The van der Waals surface area contributed by atoms with Crippen LogP contribution in [0, 0.1) is 6.92 Å². The van der Waals surface area contributed by atoms with Crippen LogP contribution in [0.5, 0.6) is 0 Å². The molecule has 2 fully saturated rings. The van der Waals surface area contributed by atoms with Crippen molar-refractivity contribution in [3.63, 3.8) is 0 Å². The molecule has 1 aromatic carbocycles. The van der Waals surface area contributed by atoms with Gasteiger partial charge in [0.1, 0.15) is 6.04 Å². The molecule has 3 amide bonds. The molecule has 28 heavy (non-hydrogen) atoms. The zero-order valence-corrected chi connectivity index (χ0v) is 16.4. The van der Waals surface area contributed by atoms with E-state index in [1.54, 1.807) is 4.90 Å². The highest BCUT2D eigenvalue weighted by Crippen LogP contribution is 2.26. The number of nitrogens with one attached hydrogen (secondary N) is 2. The van der Waals surface area contributed by atoms with Gasteiger partial charge in [0.05, 0.1) is 6.54 Å². The number of carbonyl (C=O) groups excluding carboxylic acids is 2. The van der Waals surface area contributed by atoms with Crippen LogP contribution >= 0.6 is 0 Å².